The molecule has 20 heavy (non-hydrogen) atoms. The molecule has 0 aromatic heterocycles. The van der Waals surface area contributed by atoms with Gasteiger partial charge in [0.2, 0.25) is 0 Å². The maximum atomic E-state index is 11.4. The van der Waals surface area contributed by atoms with Crippen LogP contribution in [0.25, 0.3) is 0 Å². The summed E-state index contributed by atoms with van der Waals surface area (Å²) in [7, 11) is 0. The largest absolute Gasteiger partial charge is 0.492 e. The fraction of sp³-hybridized carbons (Fsp3) is 0.562. The van der Waals surface area contributed by atoms with Crippen LogP contribution in [-0.2, 0) is 4.74 Å². The van der Waals surface area contributed by atoms with Crippen LogP contribution in [0.2, 0.25) is 0 Å². The third-order valence-electron chi connectivity index (χ3n) is 2.56. The van der Waals surface area contributed by atoms with Gasteiger partial charge in [-0.1, -0.05) is 26.0 Å². The van der Waals surface area contributed by atoms with Crippen LogP contribution in [0.4, 0.5) is 4.79 Å². The summed E-state index contributed by atoms with van der Waals surface area (Å²) in [6.07, 6.45) is -0.419. The van der Waals surface area contributed by atoms with Crippen molar-refractivity contribution in [2.24, 2.45) is 0 Å². The van der Waals surface area contributed by atoms with Gasteiger partial charge in [-0.3, -0.25) is 0 Å². The van der Waals surface area contributed by atoms with Crippen molar-refractivity contribution in [1.29, 1.82) is 0 Å². The number of hydrogen-bond acceptors (Lipinski definition) is 3. The van der Waals surface area contributed by atoms with Gasteiger partial charge in [0.15, 0.2) is 0 Å². The van der Waals surface area contributed by atoms with E-state index < -0.39 is 11.7 Å². The second-order valence-electron chi connectivity index (χ2n) is 6.00. The fourth-order valence-electron chi connectivity index (χ4n) is 1.60. The average molecular weight is 279 g/mol. The first kappa shape index (κ1) is 16.3. The number of alkyl carbamates (subject to hydrolysis) is 1. The lowest BCUT2D eigenvalue weighted by molar-refractivity contribution is 0.0520. The number of hydrogen-bond donors (Lipinski definition) is 1. The van der Waals surface area contributed by atoms with Gasteiger partial charge in [-0.15, -0.1) is 0 Å². The van der Waals surface area contributed by atoms with Gasteiger partial charge in [0, 0.05) is 0 Å². The minimum Gasteiger partial charge on any atom is -0.492 e. The van der Waals surface area contributed by atoms with Crippen molar-refractivity contribution in [2.75, 3.05) is 13.2 Å². The standard InChI is InChI=1S/C16H25NO3/c1-12(2)13-7-6-8-14(11-13)19-10-9-17-15(18)20-16(3,4)5/h6-8,11-12H,9-10H2,1-5H3,(H,17,18). The highest BCUT2D eigenvalue weighted by Gasteiger charge is 2.15. The van der Waals surface area contributed by atoms with Crippen LogP contribution in [0.15, 0.2) is 24.3 Å². The van der Waals surface area contributed by atoms with E-state index in [4.69, 9.17) is 9.47 Å². The van der Waals surface area contributed by atoms with E-state index in [1.54, 1.807) is 0 Å². The maximum absolute atomic E-state index is 11.4. The third kappa shape index (κ3) is 6.45. The molecule has 1 aromatic carbocycles. The summed E-state index contributed by atoms with van der Waals surface area (Å²) in [5.74, 6) is 1.29. The Balaban J connectivity index is 2.31. The molecule has 1 N–H and O–H groups in total. The van der Waals surface area contributed by atoms with Gasteiger partial charge in [-0.2, -0.15) is 0 Å². The van der Waals surface area contributed by atoms with Crippen LogP contribution in [0.5, 0.6) is 5.75 Å². The first-order valence-corrected chi connectivity index (χ1v) is 6.97. The molecule has 0 heterocycles. The van der Waals surface area contributed by atoms with Gasteiger partial charge in [0.1, 0.15) is 18.0 Å². The lowest BCUT2D eigenvalue weighted by atomic mass is 10.0. The fourth-order valence-corrected chi connectivity index (χ4v) is 1.60. The molecule has 4 heteroatoms. The molecule has 4 nitrogen and oxygen atoms in total. The van der Waals surface area contributed by atoms with Crippen molar-refractivity contribution in [3.8, 4) is 5.75 Å². The van der Waals surface area contributed by atoms with Crippen molar-refractivity contribution in [3.63, 3.8) is 0 Å². The number of ether oxygens (including phenoxy) is 2. The smallest absolute Gasteiger partial charge is 0.407 e. The molecule has 0 aliphatic heterocycles. The molecule has 0 unspecified atom stereocenters. The van der Waals surface area contributed by atoms with Crippen LogP contribution in [0.1, 0.15) is 46.1 Å². The lowest BCUT2D eigenvalue weighted by Crippen LogP contribution is -2.34. The van der Waals surface area contributed by atoms with E-state index in [1.165, 1.54) is 5.56 Å². The summed E-state index contributed by atoms with van der Waals surface area (Å²) in [5, 5.41) is 2.66. The molecule has 0 bridgehead atoms. The number of carbonyl (C=O) groups excluding carboxylic acids is 1. The van der Waals surface area contributed by atoms with E-state index in [-0.39, 0.29) is 0 Å². The monoisotopic (exact) mass is 279 g/mol. The van der Waals surface area contributed by atoms with E-state index in [1.807, 2.05) is 39.0 Å². The molecular weight excluding hydrogens is 254 g/mol. The first-order valence-electron chi connectivity index (χ1n) is 6.97. The third-order valence-corrected chi connectivity index (χ3v) is 2.56. The molecule has 1 amide bonds. The molecule has 1 aromatic rings. The highest BCUT2D eigenvalue weighted by Crippen LogP contribution is 2.19. The zero-order chi connectivity index (χ0) is 15.2. The summed E-state index contributed by atoms with van der Waals surface area (Å²) in [4.78, 5) is 11.4. The number of nitrogens with one attached hydrogen (secondary N) is 1. The topological polar surface area (TPSA) is 47.6 Å². The summed E-state index contributed by atoms with van der Waals surface area (Å²) in [5.41, 5.74) is 0.763. The minimum absolute atomic E-state index is 0.417. The second kappa shape index (κ2) is 7.17. The Labute approximate surface area is 121 Å². The molecule has 0 fully saturated rings. The molecule has 112 valence electrons. The van der Waals surface area contributed by atoms with Crippen molar-refractivity contribution >= 4 is 6.09 Å². The minimum atomic E-state index is -0.476. The lowest BCUT2D eigenvalue weighted by Gasteiger charge is -2.19. The van der Waals surface area contributed by atoms with Crippen LogP contribution in [-0.4, -0.2) is 24.8 Å². The Hall–Kier alpha value is -1.71. The Morgan fingerprint density at radius 2 is 2.00 bits per heavy atom. The Morgan fingerprint density at radius 1 is 1.30 bits per heavy atom. The molecule has 0 saturated heterocycles. The normalized spacial score (nSPS) is 11.3. The van der Waals surface area contributed by atoms with Crippen LogP contribution in [0.3, 0.4) is 0 Å². The number of rotatable bonds is 5. The zero-order valence-electron chi connectivity index (χ0n) is 13.0. The summed E-state index contributed by atoms with van der Waals surface area (Å²) >= 11 is 0. The molecule has 0 radical (unpaired) electrons. The SMILES string of the molecule is CC(C)c1cccc(OCCNC(=O)OC(C)(C)C)c1. The predicted molar refractivity (Wildman–Crippen MR) is 80.3 cm³/mol. The molecule has 0 aliphatic rings. The van der Waals surface area contributed by atoms with E-state index in [9.17, 15) is 4.79 Å². The molecular formula is C16H25NO3. The van der Waals surface area contributed by atoms with Gasteiger partial charge in [0.25, 0.3) is 0 Å². The highest BCUT2D eigenvalue weighted by molar-refractivity contribution is 5.67. The van der Waals surface area contributed by atoms with E-state index in [0.29, 0.717) is 19.1 Å². The van der Waals surface area contributed by atoms with Crippen molar-refractivity contribution in [1.82, 2.24) is 5.32 Å². The predicted octanol–water partition coefficient (Wildman–Crippen LogP) is 3.71. The van der Waals surface area contributed by atoms with Crippen molar-refractivity contribution < 1.29 is 14.3 Å². The van der Waals surface area contributed by atoms with Gasteiger partial charge >= 0.3 is 6.09 Å². The molecule has 0 spiro atoms. The number of benzene rings is 1. The Kier molecular flexibility index (Phi) is 5.86. The highest BCUT2D eigenvalue weighted by atomic mass is 16.6. The van der Waals surface area contributed by atoms with Crippen molar-refractivity contribution in [2.45, 2.75) is 46.1 Å². The first-order chi connectivity index (χ1) is 9.28. The van der Waals surface area contributed by atoms with Crippen LogP contribution < -0.4 is 10.1 Å². The quantitative estimate of drug-likeness (QED) is 0.836. The number of amides is 1. The van der Waals surface area contributed by atoms with E-state index in [0.717, 1.165) is 5.75 Å². The number of carbonyl (C=O) groups is 1. The maximum Gasteiger partial charge on any atom is 0.407 e. The van der Waals surface area contributed by atoms with Crippen LogP contribution >= 0.6 is 0 Å². The van der Waals surface area contributed by atoms with E-state index in [2.05, 4.69) is 25.2 Å². The Bertz CT molecular complexity index is 436. The zero-order valence-corrected chi connectivity index (χ0v) is 13.0. The molecule has 0 atom stereocenters. The molecule has 1 rings (SSSR count). The van der Waals surface area contributed by atoms with Gasteiger partial charge in [0.05, 0.1) is 6.54 Å². The second-order valence-corrected chi connectivity index (χ2v) is 6.00. The summed E-state index contributed by atoms with van der Waals surface area (Å²) in [6, 6.07) is 8.00. The molecule has 0 saturated carbocycles. The molecule has 0 aliphatic carbocycles. The van der Waals surface area contributed by atoms with Crippen molar-refractivity contribution in [3.05, 3.63) is 29.8 Å². The van der Waals surface area contributed by atoms with Crippen LogP contribution in [0, 0.1) is 0 Å². The summed E-state index contributed by atoms with van der Waals surface area (Å²) in [6.45, 7) is 10.6. The van der Waals surface area contributed by atoms with Gasteiger partial charge in [-0.05, 0) is 44.4 Å². The summed E-state index contributed by atoms with van der Waals surface area (Å²) < 4.78 is 10.7. The van der Waals surface area contributed by atoms with Gasteiger partial charge in [-0.25, -0.2) is 4.79 Å². The average Bonchev–Trinajstić information content (AvgIpc) is 2.33. The van der Waals surface area contributed by atoms with E-state index >= 15 is 0 Å². The van der Waals surface area contributed by atoms with Gasteiger partial charge < -0.3 is 14.8 Å². The Morgan fingerprint density at radius 3 is 2.60 bits per heavy atom.